The first-order valence-electron chi connectivity index (χ1n) is 10.9. The number of aromatic nitrogens is 5. The molecule has 1 aromatic carbocycles. The summed E-state index contributed by atoms with van der Waals surface area (Å²) in [4.78, 5) is 15.2. The third-order valence-corrected chi connectivity index (χ3v) is 6.22. The van der Waals surface area contributed by atoms with E-state index in [-0.39, 0.29) is 24.3 Å². The van der Waals surface area contributed by atoms with Crippen molar-refractivity contribution in [1.29, 1.82) is 0 Å². The Hall–Kier alpha value is -3.37. The molecular weight excluding hydrogens is 435 g/mol. The number of alkyl halides is 1. The Labute approximate surface area is 188 Å². The lowest BCUT2D eigenvalue weighted by atomic mass is 9.92. The van der Waals surface area contributed by atoms with E-state index in [2.05, 4.69) is 30.3 Å². The van der Waals surface area contributed by atoms with Crippen LogP contribution < -0.4 is 15.0 Å². The number of rotatable bonds is 7. The maximum Gasteiger partial charge on any atom is 0.322 e. The van der Waals surface area contributed by atoms with Crippen LogP contribution in [0.2, 0.25) is 0 Å². The predicted molar refractivity (Wildman–Crippen MR) is 115 cm³/mol. The number of nitrogens with zero attached hydrogens (tertiary/aromatic N) is 6. The van der Waals surface area contributed by atoms with Gasteiger partial charge >= 0.3 is 6.01 Å². The Bertz CT molecular complexity index is 1110. The number of anilines is 2. The van der Waals surface area contributed by atoms with Gasteiger partial charge in [0.15, 0.2) is 0 Å². The number of benzene rings is 1. The van der Waals surface area contributed by atoms with Crippen molar-refractivity contribution in [3.63, 3.8) is 0 Å². The maximum absolute atomic E-state index is 13.5. The fourth-order valence-electron chi connectivity index (χ4n) is 4.79. The van der Waals surface area contributed by atoms with Gasteiger partial charge in [0.1, 0.15) is 36.2 Å². The molecule has 174 valence electrons. The first kappa shape index (κ1) is 21.5. The van der Waals surface area contributed by atoms with E-state index < -0.39 is 18.3 Å². The molecule has 3 atom stereocenters. The van der Waals surface area contributed by atoms with Crippen molar-refractivity contribution < 1.29 is 17.9 Å². The summed E-state index contributed by atoms with van der Waals surface area (Å²) in [5.74, 6) is 0.358. The Morgan fingerprint density at radius 1 is 1.06 bits per heavy atom. The molecule has 8 nitrogen and oxygen atoms in total. The molecule has 2 bridgehead atoms. The molecule has 1 aliphatic heterocycles. The molecule has 0 radical (unpaired) electrons. The average molecular weight is 459 g/mol. The van der Waals surface area contributed by atoms with Crippen LogP contribution >= 0.6 is 0 Å². The Morgan fingerprint density at radius 2 is 1.79 bits per heavy atom. The van der Waals surface area contributed by atoms with Gasteiger partial charge in [-0.3, -0.25) is 0 Å². The zero-order valence-electron chi connectivity index (χ0n) is 18.1. The van der Waals surface area contributed by atoms with Gasteiger partial charge in [-0.15, -0.1) is 5.10 Å². The summed E-state index contributed by atoms with van der Waals surface area (Å²) in [7, 11) is 0. The number of hydrogen-bond donors (Lipinski definition) is 1. The number of halogens is 3. The molecule has 11 heteroatoms. The van der Waals surface area contributed by atoms with Crippen molar-refractivity contribution in [3.05, 3.63) is 47.9 Å². The Kier molecular flexibility index (Phi) is 5.77. The summed E-state index contributed by atoms with van der Waals surface area (Å²) >= 11 is 0. The molecule has 0 unspecified atom stereocenters. The molecule has 1 saturated carbocycles. The van der Waals surface area contributed by atoms with E-state index in [1.807, 2.05) is 13.0 Å². The SMILES string of the molecule is Cc1cc(N2C[C@H]3CC[C@@H](C2)[C@H]3Nc2nc(Oc3cc(F)cc(F)c3)n(CCF)n2)ncn1. The van der Waals surface area contributed by atoms with Crippen molar-refractivity contribution in [2.75, 3.05) is 30.0 Å². The van der Waals surface area contributed by atoms with Crippen molar-refractivity contribution in [2.45, 2.75) is 32.4 Å². The molecule has 3 heterocycles. The second-order valence-corrected chi connectivity index (χ2v) is 8.53. The molecule has 2 aromatic heterocycles. The van der Waals surface area contributed by atoms with Crippen LogP contribution in [0.4, 0.5) is 24.9 Å². The lowest BCUT2D eigenvalue weighted by molar-refractivity contribution is 0.360. The maximum atomic E-state index is 13.5. The van der Waals surface area contributed by atoms with E-state index in [1.165, 1.54) is 4.68 Å². The lowest BCUT2D eigenvalue weighted by Gasteiger charge is -2.38. The zero-order chi connectivity index (χ0) is 22.9. The van der Waals surface area contributed by atoms with Gasteiger partial charge in [0.25, 0.3) is 0 Å². The summed E-state index contributed by atoms with van der Waals surface area (Å²) in [5, 5.41) is 7.73. The molecule has 1 aliphatic carbocycles. The normalized spacial score (nSPS) is 21.9. The van der Waals surface area contributed by atoms with Gasteiger partial charge in [-0.05, 0) is 31.6 Å². The van der Waals surface area contributed by atoms with E-state index in [0.29, 0.717) is 17.8 Å². The van der Waals surface area contributed by atoms with Gasteiger partial charge in [-0.2, -0.15) is 4.98 Å². The van der Waals surface area contributed by atoms with E-state index in [0.717, 1.165) is 55.6 Å². The highest BCUT2D eigenvalue weighted by Gasteiger charge is 2.43. The number of aryl methyl sites for hydroxylation is 2. The number of nitrogens with one attached hydrogen (secondary N) is 1. The van der Waals surface area contributed by atoms with Gasteiger partial charge < -0.3 is 15.0 Å². The first-order chi connectivity index (χ1) is 16.0. The Balaban J connectivity index is 1.32. The summed E-state index contributed by atoms with van der Waals surface area (Å²) in [6, 6.07) is 4.94. The molecule has 3 aromatic rings. The van der Waals surface area contributed by atoms with Crippen LogP contribution in [0.1, 0.15) is 18.5 Å². The second-order valence-electron chi connectivity index (χ2n) is 8.53. The van der Waals surface area contributed by atoms with Gasteiger partial charge in [-0.25, -0.2) is 27.8 Å². The van der Waals surface area contributed by atoms with Crippen LogP contribution in [0.25, 0.3) is 0 Å². The molecule has 2 aliphatic rings. The van der Waals surface area contributed by atoms with Crippen molar-refractivity contribution in [2.24, 2.45) is 11.8 Å². The van der Waals surface area contributed by atoms with Crippen LogP contribution in [0, 0.1) is 30.4 Å². The van der Waals surface area contributed by atoms with Crippen LogP contribution in [0.5, 0.6) is 11.8 Å². The van der Waals surface area contributed by atoms with Gasteiger partial charge in [0.2, 0.25) is 5.95 Å². The summed E-state index contributed by atoms with van der Waals surface area (Å²) in [6.45, 7) is 2.88. The number of piperidine rings is 1. The van der Waals surface area contributed by atoms with E-state index in [9.17, 15) is 13.2 Å². The topological polar surface area (TPSA) is 81.0 Å². The van der Waals surface area contributed by atoms with Gasteiger partial charge in [-0.1, -0.05) is 0 Å². The highest BCUT2D eigenvalue weighted by Crippen LogP contribution is 2.39. The minimum absolute atomic E-state index is 0.0265. The number of fused-ring (bicyclic) bond motifs is 2. The standard InChI is InChI=1S/C22H24F3N7O/c1-13-6-19(27-12-26-13)31-10-14-2-3-15(11-31)20(14)28-21-29-22(32(30-21)5-4-23)33-18-8-16(24)7-17(25)9-18/h6-9,12,14-15,20H,2-5,10-11H2,1H3,(H,28,30)/t14-,15+,20+. The van der Waals surface area contributed by atoms with Crippen molar-refractivity contribution in [3.8, 4) is 11.8 Å². The smallest absolute Gasteiger partial charge is 0.322 e. The van der Waals surface area contributed by atoms with Crippen molar-refractivity contribution in [1.82, 2.24) is 24.7 Å². The van der Waals surface area contributed by atoms with Gasteiger partial charge in [0.05, 0.1) is 6.54 Å². The molecule has 5 rings (SSSR count). The van der Waals surface area contributed by atoms with E-state index in [1.54, 1.807) is 6.33 Å². The van der Waals surface area contributed by atoms with Crippen molar-refractivity contribution >= 4 is 11.8 Å². The van der Waals surface area contributed by atoms with Crippen LogP contribution in [-0.4, -0.2) is 50.5 Å². The molecule has 2 fully saturated rings. The minimum atomic E-state index is -0.776. The number of hydrogen-bond acceptors (Lipinski definition) is 7. The van der Waals surface area contributed by atoms with Crippen LogP contribution in [0.3, 0.4) is 0 Å². The first-order valence-corrected chi connectivity index (χ1v) is 10.9. The highest BCUT2D eigenvalue weighted by atomic mass is 19.1. The third kappa shape index (κ3) is 4.57. The third-order valence-electron chi connectivity index (χ3n) is 6.22. The fraction of sp³-hybridized carbons (Fsp3) is 0.455. The Morgan fingerprint density at radius 3 is 2.45 bits per heavy atom. The number of ether oxygens (including phenoxy) is 1. The quantitative estimate of drug-likeness (QED) is 0.576. The average Bonchev–Trinajstić information content (AvgIpc) is 3.22. The van der Waals surface area contributed by atoms with E-state index in [4.69, 9.17) is 4.74 Å². The molecular formula is C22H24F3N7O. The minimum Gasteiger partial charge on any atom is -0.424 e. The lowest BCUT2D eigenvalue weighted by Crippen LogP contribution is -2.48. The van der Waals surface area contributed by atoms with Crippen LogP contribution in [-0.2, 0) is 6.54 Å². The molecule has 1 N–H and O–H groups in total. The monoisotopic (exact) mass is 459 g/mol. The highest BCUT2D eigenvalue weighted by molar-refractivity contribution is 5.42. The molecule has 0 spiro atoms. The summed E-state index contributed by atoms with van der Waals surface area (Å²) in [5.41, 5.74) is 0.931. The zero-order valence-corrected chi connectivity index (χ0v) is 18.1. The summed E-state index contributed by atoms with van der Waals surface area (Å²) < 4.78 is 46.9. The van der Waals surface area contributed by atoms with Gasteiger partial charge in [0, 0.05) is 49.1 Å². The van der Waals surface area contributed by atoms with E-state index >= 15 is 0 Å². The molecule has 0 amide bonds. The molecule has 33 heavy (non-hydrogen) atoms. The fourth-order valence-corrected chi connectivity index (χ4v) is 4.79. The second kappa shape index (κ2) is 8.87. The summed E-state index contributed by atoms with van der Waals surface area (Å²) in [6.07, 6.45) is 3.73. The van der Waals surface area contributed by atoms with Crippen LogP contribution in [0.15, 0.2) is 30.6 Å². The molecule has 1 saturated heterocycles. The predicted octanol–water partition coefficient (Wildman–Crippen LogP) is 3.74. The largest absolute Gasteiger partial charge is 0.424 e.